The molecule has 0 aliphatic carbocycles. The average molecular weight is 209 g/mol. The van der Waals surface area contributed by atoms with Crippen molar-refractivity contribution in [1.82, 2.24) is 4.57 Å². The number of hydrogen-bond donors (Lipinski definition) is 0. The third kappa shape index (κ3) is 1.25. The first kappa shape index (κ1) is 10.5. The third-order valence-electron chi connectivity index (χ3n) is 2.80. The van der Waals surface area contributed by atoms with E-state index in [-0.39, 0.29) is 7.43 Å². The maximum atomic E-state index is 3.87. The Morgan fingerprint density at radius 1 is 0.812 bits per heavy atom. The largest absolute Gasteiger partial charge is 0.317 e. The first-order valence-electron chi connectivity index (χ1n) is 5.02. The number of benzene rings is 2. The maximum absolute atomic E-state index is 3.87. The van der Waals surface area contributed by atoms with Crippen molar-refractivity contribution in [2.75, 3.05) is 0 Å². The molecule has 0 unspecified atom stereocenters. The Morgan fingerprint density at radius 3 is 1.69 bits per heavy atom. The lowest BCUT2D eigenvalue weighted by atomic mass is 10.2. The molecule has 0 saturated heterocycles. The highest BCUT2D eigenvalue weighted by Gasteiger charge is 2.06. The summed E-state index contributed by atoms with van der Waals surface area (Å²) >= 11 is 0. The molecular weight excluding hydrogens is 194 g/mol. The fourth-order valence-electron chi connectivity index (χ4n) is 2.15. The smallest absolute Gasteiger partial charge is 0.0534 e. The number of hydrogen-bond acceptors (Lipinski definition) is 0. The van der Waals surface area contributed by atoms with Crippen LogP contribution in [-0.4, -0.2) is 4.57 Å². The maximum Gasteiger partial charge on any atom is 0.0534 e. The molecule has 0 aliphatic heterocycles. The van der Waals surface area contributed by atoms with Gasteiger partial charge in [0.15, 0.2) is 0 Å². The Morgan fingerprint density at radius 2 is 1.25 bits per heavy atom. The molecule has 0 fully saturated rings. The predicted molar refractivity (Wildman–Crippen MR) is 72.6 cm³/mol. The Labute approximate surface area is 95.6 Å². The number of nitrogens with zero attached hydrogens (tertiary/aromatic N) is 1. The zero-order valence-electron chi connectivity index (χ0n) is 8.35. The predicted octanol–water partition coefficient (Wildman–Crippen LogP) is 4.53. The second-order valence-corrected chi connectivity index (χ2v) is 3.59. The Bertz CT molecular complexity index is 593. The number of aromatic nitrogens is 1. The summed E-state index contributed by atoms with van der Waals surface area (Å²) in [6.45, 7) is 3.87. The highest BCUT2D eigenvalue weighted by molar-refractivity contribution is 6.09. The molecule has 1 heterocycles. The summed E-state index contributed by atoms with van der Waals surface area (Å²) in [5, 5.41) is 2.57. The van der Waals surface area contributed by atoms with Gasteiger partial charge in [-0.15, -0.1) is 0 Å². The molecule has 0 aliphatic rings. The van der Waals surface area contributed by atoms with Crippen LogP contribution in [0.4, 0.5) is 0 Å². The fraction of sp³-hybridized carbons (Fsp3) is 0.0667. The normalized spacial score (nSPS) is 10.2. The Balaban J connectivity index is 0.000000963. The summed E-state index contributed by atoms with van der Waals surface area (Å²) in [4.78, 5) is 0. The van der Waals surface area contributed by atoms with Crippen LogP contribution in [0.3, 0.4) is 0 Å². The van der Waals surface area contributed by atoms with Gasteiger partial charge < -0.3 is 4.57 Å². The Kier molecular flexibility index (Phi) is 2.53. The zero-order chi connectivity index (χ0) is 10.3. The van der Waals surface area contributed by atoms with Crippen molar-refractivity contribution in [1.29, 1.82) is 0 Å². The van der Waals surface area contributed by atoms with E-state index in [2.05, 4.69) is 59.7 Å². The topological polar surface area (TPSA) is 4.93 Å². The highest BCUT2D eigenvalue weighted by atomic mass is 14.9. The van der Waals surface area contributed by atoms with Gasteiger partial charge in [0.25, 0.3) is 0 Å². The van der Waals surface area contributed by atoms with Crippen LogP contribution in [0.2, 0.25) is 0 Å². The summed E-state index contributed by atoms with van der Waals surface area (Å²) in [5.74, 6) is 0. The summed E-state index contributed by atoms with van der Waals surface area (Å²) < 4.78 is 2.13. The number of fused-ring (bicyclic) bond motifs is 3. The van der Waals surface area contributed by atoms with Crippen molar-refractivity contribution in [3.63, 3.8) is 0 Å². The van der Waals surface area contributed by atoms with E-state index in [4.69, 9.17) is 0 Å². The monoisotopic (exact) mass is 209 g/mol. The van der Waals surface area contributed by atoms with Gasteiger partial charge >= 0.3 is 0 Å². The van der Waals surface area contributed by atoms with Gasteiger partial charge in [-0.25, -0.2) is 0 Å². The molecular formula is C15H15N. The molecule has 0 bridgehead atoms. The van der Waals surface area contributed by atoms with Gasteiger partial charge in [-0.2, -0.15) is 0 Å². The molecule has 1 nitrogen and oxygen atoms in total. The van der Waals surface area contributed by atoms with Crippen molar-refractivity contribution in [2.45, 2.75) is 7.43 Å². The van der Waals surface area contributed by atoms with E-state index in [9.17, 15) is 0 Å². The molecule has 80 valence electrons. The van der Waals surface area contributed by atoms with Gasteiger partial charge in [0.05, 0.1) is 11.0 Å². The van der Waals surface area contributed by atoms with Crippen LogP contribution in [0.5, 0.6) is 0 Å². The zero-order valence-corrected chi connectivity index (χ0v) is 8.35. The molecule has 3 aromatic rings. The van der Waals surface area contributed by atoms with Crippen LogP contribution >= 0.6 is 0 Å². The Hall–Kier alpha value is -2.02. The van der Waals surface area contributed by atoms with Crippen molar-refractivity contribution in [3.05, 3.63) is 55.1 Å². The minimum atomic E-state index is 0. The number of para-hydroxylation sites is 2. The molecule has 3 rings (SSSR count). The SMILES string of the molecule is C.C=Cn1c2ccccc2c2ccccc21. The van der Waals surface area contributed by atoms with Gasteiger partial charge in [-0.1, -0.05) is 50.4 Å². The van der Waals surface area contributed by atoms with Crippen LogP contribution in [-0.2, 0) is 0 Å². The van der Waals surface area contributed by atoms with E-state index >= 15 is 0 Å². The van der Waals surface area contributed by atoms with Crippen molar-refractivity contribution < 1.29 is 0 Å². The van der Waals surface area contributed by atoms with Gasteiger partial charge in [-0.05, 0) is 12.1 Å². The first-order chi connectivity index (χ1) is 7.42. The fourth-order valence-corrected chi connectivity index (χ4v) is 2.15. The van der Waals surface area contributed by atoms with E-state index in [1.165, 1.54) is 21.8 Å². The van der Waals surface area contributed by atoms with Crippen molar-refractivity contribution >= 4 is 28.0 Å². The molecule has 1 aromatic heterocycles. The average Bonchev–Trinajstić information content (AvgIpc) is 2.63. The lowest BCUT2D eigenvalue weighted by Gasteiger charge is -1.97. The van der Waals surface area contributed by atoms with Crippen LogP contribution < -0.4 is 0 Å². The summed E-state index contributed by atoms with van der Waals surface area (Å²) in [5.41, 5.74) is 2.43. The molecule has 0 spiro atoms. The summed E-state index contributed by atoms with van der Waals surface area (Å²) in [6.07, 6.45) is 1.87. The summed E-state index contributed by atoms with van der Waals surface area (Å²) in [7, 11) is 0. The van der Waals surface area contributed by atoms with Crippen LogP contribution in [0.25, 0.3) is 28.0 Å². The molecule has 0 N–H and O–H groups in total. The van der Waals surface area contributed by atoms with E-state index in [0.29, 0.717) is 0 Å². The third-order valence-corrected chi connectivity index (χ3v) is 2.80. The molecule has 16 heavy (non-hydrogen) atoms. The van der Waals surface area contributed by atoms with Crippen LogP contribution in [0.15, 0.2) is 55.1 Å². The van der Waals surface area contributed by atoms with E-state index in [1.807, 2.05) is 6.20 Å². The minimum absolute atomic E-state index is 0. The lowest BCUT2D eigenvalue weighted by Crippen LogP contribution is -1.82. The van der Waals surface area contributed by atoms with Gasteiger partial charge in [0.1, 0.15) is 0 Å². The van der Waals surface area contributed by atoms with E-state index in [1.54, 1.807) is 0 Å². The second kappa shape index (κ2) is 3.86. The molecule has 0 saturated carbocycles. The van der Waals surface area contributed by atoms with Gasteiger partial charge in [0.2, 0.25) is 0 Å². The van der Waals surface area contributed by atoms with Crippen LogP contribution in [0, 0.1) is 0 Å². The van der Waals surface area contributed by atoms with Gasteiger partial charge in [-0.3, -0.25) is 0 Å². The molecule has 1 heteroatoms. The second-order valence-electron chi connectivity index (χ2n) is 3.59. The van der Waals surface area contributed by atoms with E-state index in [0.717, 1.165) is 0 Å². The van der Waals surface area contributed by atoms with Crippen molar-refractivity contribution in [2.24, 2.45) is 0 Å². The quantitative estimate of drug-likeness (QED) is 0.555. The molecule has 0 radical (unpaired) electrons. The van der Waals surface area contributed by atoms with Crippen LogP contribution in [0.1, 0.15) is 7.43 Å². The van der Waals surface area contributed by atoms with Crippen molar-refractivity contribution in [3.8, 4) is 0 Å². The highest BCUT2D eigenvalue weighted by Crippen LogP contribution is 2.28. The number of rotatable bonds is 1. The first-order valence-corrected chi connectivity index (χ1v) is 5.02. The van der Waals surface area contributed by atoms with E-state index < -0.39 is 0 Å². The standard InChI is InChI=1S/C14H11N.CH4/c1-2-15-13-9-5-3-7-11(13)12-8-4-6-10-14(12)15;/h2-10H,1H2;1H4. The molecule has 0 atom stereocenters. The molecule has 0 amide bonds. The lowest BCUT2D eigenvalue weighted by molar-refractivity contribution is 1.30. The summed E-state index contributed by atoms with van der Waals surface area (Å²) in [6, 6.07) is 16.8. The van der Waals surface area contributed by atoms with Gasteiger partial charge in [0, 0.05) is 17.0 Å². The minimum Gasteiger partial charge on any atom is -0.317 e. The molecule has 2 aromatic carbocycles.